The molecule has 0 amide bonds. The fraction of sp³-hybridized carbons (Fsp3) is 0.294. The standard InChI is InChI=1S/C17H20ClNO/c1-13(2)11-19-15-8-9-17(16(18)10-15)20-12-14-6-4-3-5-7-14/h3-10,13,19H,11-12H2,1-2H3. The van der Waals surface area contributed by atoms with Crippen LogP contribution in [0.15, 0.2) is 48.5 Å². The van der Waals surface area contributed by atoms with Crippen LogP contribution in [0, 0.1) is 5.92 Å². The van der Waals surface area contributed by atoms with Crippen molar-refractivity contribution in [1.82, 2.24) is 0 Å². The largest absolute Gasteiger partial charge is 0.487 e. The summed E-state index contributed by atoms with van der Waals surface area (Å²) in [6.45, 7) is 5.80. The Morgan fingerprint density at radius 2 is 1.85 bits per heavy atom. The van der Waals surface area contributed by atoms with Gasteiger partial charge in [-0.05, 0) is 29.7 Å². The molecule has 2 aromatic carbocycles. The Morgan fingerprint density at radius 3 is 2.50 bits per heavy atom. The van der Waals surface area contributed by atoms with Crippen LogP contribution in [-0.4, -0.2) is 6.54 Å². The molecule has 0 saturated heterocycles. The molecule has 0 heterocycles. The molecule has 0 fully saturated rings. The van der Waals surface area contributed by atoms with Crippen LogP contribution in [0.3, 0.4) is 0 Å². The van der Waals surface area contributed by atoms with Crippen molar-refractivity contribution in [3.05, 3.63) is 59.1 Å². The number of hydrogen-bond acceptors (Lipinski definition) is 2. The summed E-state index contributed by atoms with van der Waals surface area (Å²) in [5.74, 6) is 1.31. The van der Waals surface area contributed by atoms with Crippen molar-refractivity contribution in [1.29, 1.82) is 0 Å². The highest BCUT2D eigenvalue weighted by Gasteiger charge is 2.04. The van der Waals surface area contributed by atoms with E-state index in [1.165, 1.54) is 0 Å². The van der Waals surface area contributed by atoms with E-state index in [1.54, 1.807) is 0 Å². The molecule has 0 bridgehead atoms. The summed E-state index contributed by atoms with van der Waals surface area (Å²) in [7, 11) is 0. The normalized spacial score (nSPS) is 10.6. The molecule has 2 nitrogen and oxygen atoms in total. The predicted octanol–water partition coefficient (Wildman–Crippen LogP) is 4.99. The zero-order valence-corrected chi connectivity index (χ0v) is 12.7. The lowest BCUT2D eigenvalue weighted by Crippen LogP contribution is -2.07. The number of halogens is 1. The van der Waals surface area contributed by atoms with E-state index in [0.29, 0.717) is 23.3 Å². The molecule has 20 heavy (non-hydrogen) atoms. The van der Waals surface area contributed by atoms with Gasteiger partial charge in [0.1, 0.15) is 12.4 Å². The minimum Gasteiger partial charge on any atom is -0.487 e. The van der Waals surface area contributed by atoms with Gasteiger partial charge in [-0.2, -0.15) is 0 Å². The highest BCUT2D eigenvalue weighted by Crippen LogP contribution is 2.28. The smallest absolute Gasteiger partial charge is 0.138 e. The van der Waals surface area contributed by atoms with Crippen molar-refractivity contribution in [3.63, 3.8) is 0 Å². The summed E-state index contributed by atoms with van der Waals surface area (Å²) in [5, 5.41) is 3.98. The van der Waals surface area contributed by atoms with E-state index in [4.69, 9.17) is 16.3 Å². The molecule has 106 valence electrons. The molecule has 0 aromatic heterocycles. The average molecular weight is 290 g/mol. The zero-order valence-electron chi connectivity index (χ0n) is 11.9. The van der Waals surface area contributed by atoms with Gasteiger partial charge in [0.15, 0.2) is 0 Å². The van der Waals surface area contributed by atoms with E-state index < -0.39 is 0 Å². The van der Waals surface area contributed by atoms with Gasteiger partial charge in [-0.15, -0.1) is 0 Å². The molecular weight excluding hydrogens is 270 g/mol. The van der Waals surface area contributed by atoms with Crippen LogP contribution < -0.4 is 10.1 Å². The van der Waals surface area contributed by atoms with Crippen molar-refractivity contribution < 1.29 is 4.74 Å². The van der Waals surface area contributed by atoms with Gasteiger partial charge in [0.25, 0.3) is 0 Å². The van der Waals surface area contributed by atoms with Crippen molar-refractivity contribution in [3.8, 4) is 5.75 Å². The highest BCUT2D eigenvalue weighted by atomic mass is 35.5. The lowest BCUT2D eigenvalue weighted by atomic mass is 10.2. The molecule has 0 aliphatic rings. The molecule has 0 unspecified atom stereocenters. The summed E-state index contributed by atoms with van der Waals surface area (Å²) in [5.41, 5.74) is 2.15. The van der Waals surface area contributed by atoms with Gasteiger partial charge >= 0.3 is 0 Å². The molecule has 0 atom stereocenters. The van der Waals surface area contributed by atoms with Crippen LogP contribution in [0.25, 0.3) is 0 Å². The van der Waals surface area contributed by atoms with E-state index in [2.05, 4.69) is 19.2 Å². The second-order valence-corrected chi connectivity index (χ2v) is 5.60. The second kappa shape index (κ2) is 7.20. The van der Waals surface area contributed by atoms with Crippen molar-refractivity contribution >= 4 is 17.3 Å². The first-order valence-electron chi connectivity index (χ1n) is 6.85. The SMILES string of the molecule is CC(C)CNc1ccc(OCc2ccccc2)c(Cl)c1. The van der Waals surface area contributed by atoms with Crippen molar-refractivity contribution in [2.45, 2.75) is 20.5 Å². The van der Waals surface area contributed by atoms with Gasteiger partial charge in [-0.25, -0.2) is 0 Å². The number of ether oxygens (including phenoxy) is 1. The second-order valence-electron chi connectivity index (χ2n) is 5.19. The summed E-state index contributed by atoms with van der Waals surface area (Å²) in [6.07, 6.45) is 0. The third-order valence-electron chi connectivity index (χ3n) is 2.88. The maximum atomic E-state index is 6.25. The fourth-order valence-corrected chi connectivity index (χ4v) is 2.02. The lowest BCUT2D eigenvalue weighted by Gasteiger charge is -2.12. The number of benzene rings is 2. The average Bonchev–Trinajstić information content (AvgIpc) is 2.45. The highest BCUT2D eigenvalue weighted by molar-refractivity contribution is 6.32. The van der Waals surface area contributed by atoms with Gasteiger partial charge in [0, 0.05) is 12.2 Å². The Hall–Kier alpha value is -1.67. The van der Waals surface area contributed by atoms with Gasteiger partial charge < -0.3 is 10.1 Å². The Bertz CT molecular complexity index is 540. The molecule has 2 aromatic rings. The van der Waals surface area contributed by atoms with Gasteiger partial charge in [0.05, 0.1) is 5.02 Å². The number of hydrogen-bond donors (Lipinski definition) is 1. The van der Waals surface area contributed by atoms with Crippen molar-refractivity contribution in [2.75, 3.05) is 11.9 Å². The molecule has 0 radical (unpaired) electrons. The van der Waals surface area contributed by atoms with E-state index in [1.807, 2.05) is 48.5 Å². The number of rotatable bonds is 6. The third kappa shape index (κ3) is 4.46. The molecule has 0 saturated carbocycles. The summed E-state index contributed by atoms with van der Waals surface area (Å²) >= 11 is 6.25. The number of nitrogens with one attached hydrogen (secondary N) is 1. The quantitative estimate of drug-likeness (QED) is 0.809. The van der Waals surface area contributed by atoms with E-state index >= 15 is 0 Å². The topological polar surface area (TPSA) is 21.3 Å². The minimum atomic E-state index is 0.527. The predicted molar refractivity (Wildman–Crippen MR) is 85.6 cm³/mol. The Labute approximate surface area is 125 Å². The molecule has 0 aliphatic heterocycles. The monoisotopic (exact) mass is 289 g/mol. The van der Waals surface area contributed by atoms with Crippen molar-refractivity contribution in [2.24, 2.45) is 5.92 Å². The first-order valence-corrected chi connectivity index (χ1v) is 7.23. The van der Waals surface area contributed by atoms with Crippen LogP contribution >= 0.6 is 11.6 Å². The molecule has 1 N–H and O–H groups in total. The summed E-state index contributed by atoms with van der Waals surface area (Å²) < 4.78 is 5.74. The zero-order chi connectivity index (χ0) is 14.4. The Kier molecular flexibility index (Phi) is 5.31. The maximum Gasteiger partial charge on any atom is 0.138 e. The van der Waals surface area contributed by atoms with Crippen LogP contribution in [0.2, 0.25) is 5.02 Å². The van der Waals surface area contributed by atoms with Crippen LogP contribution in [0.5, 0.6) is 5.75 Å². The van der Waals surface area contributed by atoms with E-state index in [9.17, 15) is 0 Å². The molecular formula is C17H20ClNO. The molecule has 2 rings (SSSR count). The van der Waals surface area contributed by atoms with Gasteiger partial charge in [0.2, 0.25) is 0 Å². The minimum absolute atomic E-state index is 0.527. The molecule has 0 spiro atoms. The fourth-order valence-electron chi connectivity index (χ4n) is 1.79. The van der Waals surface area contributed by atoms with Crippen LogP contribution in [-0.2, 0) is 6.61 Å². The van der Waals surface area contributed by atoms with Gasteiger partial charge in [-0.1, -0.05) is 55.8 Å². The van der Waals surface area contributed by atoms with E-state index in [0.717, 1.165) is 17.8 Å². The maximum absolute atomic E-state index is 6.25. The van der Waals surface area contributed by atoms with E-state index in [-0.39, 0.29) is 0 Å². The molecule has 3 heteroatoms. The third-order valence-corrected chi connectivity index (χ3v) is 3.18. The Morgan fingerprint density at radius 1 is 1.10 bits per heavy atom. The van der Waals surface area contributed by atoms with Crippen LogP contribution in [0.1, 0.15) is 19.4 Å². The first-order chi connectivity index (χ1) is 9.65. The van der Waals surface area contributed by atoms with Crippen LogP contribution in [0.4, 0.5) is 5.69 Å². The Balaban J connectivity index is 1.95. The molecule has 0 aliphatic carbocycles. The number of anilines is 1. The summed E-state index contributed by atoms with van der Waals surface area (Å²) in [4.78, 5) is 0. The first kappa shape index (κ1) is 14.7. The summed E-state index contributed by atoms with van der Waals surface area (Å²) in [6, 6.07) is 15.9. The lowest BCUT2D eigenvalue weighted by molar-refractivity contribution is 0.306. The van der Waals surface area contributed by atoms with Gasteiger partial charge in [-0.3, -0.25) is 0 Å².